The monoisotopic (exact) mass is 438 g/mol. The number of imidazole rings is 1. The molecule has 31 heavy (non-hydrogen) atoms. The number of amides is 1. The largest absolute Gasteiger partial charge is 0.477 e. The number of H-pyrrole nitrogens is 1. The second kappa shape index (κ2) is 10.9. The normalized spacial score (nSPS) is 14.4. The van der Waals surface area contributed by atoms with E-state index in [1.165, 1.54) is 0 Å². The molecule has 1 aromatic carbocycles. The van der Waals surface area contributed by atoms with Gasteiger partial charge in [-0.15, -0.1) is 0 Å². The van der Waals surface area contributed by atoms with Gasteiger partial charge in [0.1, 0.15) is 5.75 Å². The Morgan fingerprint density at radius 1 is 1.10 bits per heavy atom. The van der Waals surface area contributed by atoms with Crippen molar-refractivity contribution >= 4 is 17.9 Å². The summed E-state index contributed by atoms with van der Waals surface area (Å²) in [5, 5.41) is 0.952. The molecule has 3 aromatic rings. The fraction of sp³-hybridized carbons (Fsp3) is 0.348. The van der Waals surface area contributed by atoms with Crippen LogP contribution in [0.1, 0.15) is 18.4 Å². The lowest BCUT2D eigenvalue weighted by Crippen LogP contribution is -2.40. The second-order valence-electron chi connectivity index (χ2n) is 7.41. The van der Waals surface area contributed by atoms with Gasteiger partial charge in [-0.2, -0.15) is 0 Å². The number of likely N-dealkylation sites (tertiary alicyclic amines) is 1. The van der Waals surface area contributed by atoms with Crippen LogP contribution in [0.25, 0.3) is 0 Å². The highest BCUT2D eigenvalue weighted by molar-refractivity contribution is 7.99. The van der Waals surface area contributed by atoms with E-state index >= 15 is 0 Å². The van der Waals surface area contributed by atoms with E-state index in [-0.39, 0.29) is 6.09 Å². The van der Waals surface area contributed by atoms with Gasteiger partial charge in [-0.05, 0) is 42.5 Å². The lowest BCUT2D eigenvalue weighted by Gasteiger charge is -2.30. The van der Waals surface area contributed by atoms with E-state index < -0.39 is 0 Å². The molecule has 0 radical (unpaired) electrons. The summed E-state index contributed by atoms with van der Waals surface area (Å²) < 4.78 is 11.2. The van der Waals surface area contributed by atoms with E-state index in [0.717, 1.165) is 48.8 Å². The Morgan fingerprint density at radius 3 is 2.65 bits per heavy atom. The number of hydrogen-bond acceptors (Lipinski definition) is 6. The first-order valence-corrected chi connectivity index (χ1v) is 11.5. The summed E-state index contributed by atoms with van der Waals surface area (Å²) in [4.78, 5) is 25.8. The summed E-state index contributed by atoms with van der Waals surface area (Å²) in [5.74, 6) is 2.79. The summed E-state index contributed by atoms with van der Waals surface area (Å²) in [6, 6.07) is 13.2. The summed E-state index contributed by atoms with van der Waals surface area (Å²) in [5.41, 5.74) is 1.12. The molecule has 1 N–H and O–H groups in total. The van der Waals surface area contributed by atoms with Gasteiger partial charge in [0.05, 0.1) is 6.61 Å². The van der Waals surface area contributed by atoms with Gasteiger partial charge in [0.15, 0.2) is 5.16 Å². The number of piperidine rings is 1. The second-order valence-corrected chi connectivity index (χ2v) is 8.42. The zero-order valence-electron chi connectivity index (χ0n) is 17.3. The van der Waals surface area contributed by atoms with Gasteiger partial charge in [0.2, 0.25) is 5.88 Å². The third-order valence-electron chi connectivity index (χ3n) is 5.21. The van der Waals surface area contributed by atoms with Crippen molar-refractivity contribution in [3.8, 4) is 11.6 Å². The molecule has 8 heteroatoms. The van der Waals surface area contributed by atoms with Crippen molar-refractivity contribution in [1.29, 1.82) is 0 Å². The Balaban J connectivity index is 1.16. The maximum atomic E-state index is 12.5. The molecule has 1 fully saturated rings. The maximum Gasteiger partial charge on any atom is 0.415 e. The van der Waals surface area contributed by atoms with E-state index in [9.17, 15) is 4.79 Å². The molecule has 1 amide bonds. The molecule has 1 aliphatic heterocycles. The van der Waals surface area contributed by atoms with Crippen molar-refractivity contribution < 1.29 is 14.3 Å². The molecule has 0 bridgehead atoms. The minimum atomic E-state index is -0.275. The van der Waals surface area contributed by atoms with Crippen molar-refractivity contribution in [2.75, 3.05) is 25.4 Å². The number of nitrogens with one attached hydrogen (secondary N) is 1. The van der Waals surface area contributed by atoms with Crippen molar-refractivity contribution in [3.63, 3.8) is 0 Å². The molecular weight excluding hydrogens is 412 g/mol. The quantitative estimate of drug-likeness (QED) is 0.524. The zero-order valence-corrected chi connectivity index (χ0v) is 18.1. The van der Waals surface area contributed by atoms with Crippen LogP contribution in [-0.2, 0) is 6.42 Å². The van der Waals surface area contributed by atoms with Gasteiger partial charge < -0.3 is 19.4 Å². The molecule has 0 spiro atoms. The molecular formula is C23H26N4O3S. The number of benzene rings is 1. The van der Waals surface area contributed by atoms with Crippen LogP contribution >= 0.6 is 11.8 Å². The number of pyridine rings is 1. The standard InChI is InChI=1S/C23H26N4O3S/c28-23(27-14-8-19(9-15-27)17-31-22-25-12-13-26-22)30-20-6-4-18(5-7-20)10-16-29-21-3-1-2-11-24-21/h1-7,11-13,19H,8-10,14-17H2,(H,25,26). The molecule has 7 nitrogen and oxygen atoms in total. The van der Waals surface area contributed by atoms with Crippen LogP contribution in [0.2, 0.25) is 0 Å². The summed E-state index contributed by atoms with van der Waals surface area (Å²) in [6.45, 7) is 2.00. The number of thioether (sulfide) groups is 1. The number of nitrogens with zero attached hydrogens (tertiary/aromatic N) is 3. The fourth-order valence-electron chi connectivity index (χ4n) is 3.40. The molecule has 0 aliphatic carbocycles. The number of hydrogen-bond donors (Lipinski definition) is 1. The van der Waals surface area contributed by atoms with E-state index in [4.69, 9.17) is 9.47 Å². The summed E-state index contributed by atoms with van der Waals surface area (Å²) >= 11 is 1.74. The Labute approximate surface area is 186 Å². The average Bonchev–Trinajstić information content (AvgIpc) is 3.34. The highest BCUT2D eigenvalue weighted by Crippen LogP contribution is 2.25. The molecule has 0 unspecified atom stereocenters. The third-order valence-corrected chi connectivity index (χ3v) is 6.34. The first kappa shape index (κ1) is 21.2. The zero-order chi connectivity index (χ0) is 21.3. The number of aromatic nitrogens is 3. The minimum absolute atomic E-state index is 0.275. The smallest absolute Gasteiger partial charge is 0.415 e. The lowest BCUT2D eigenvalue weighted by molar-refractivity contribution is 0.134. The predicted molar refractivity (Wildman–Crippen MR) is 120 cm³/mol. The Morgan fingerprint density at radius 2 is 1.94 bits per heavy atom. The molecule has 4 rings (SSSR count). The fourth-order valence-corrected chi connectivity index (χ4v) is 4.42. The number of aromatic amines is 1. The highest BCUT2D eigenvalue weighted by atomic mass is 32.2. The van der Waals surface area contributed by atoms with Gasteiger partial charge >= 0.3 is 6.09 Å². The Bertz CT molecular complexity index is 927. The molecule has 3 heterocycles. The first-order chi connectivity index (χ1) is 15.3. The van der Waals surface area contributed by atoms with E-state index in [1.807, 2.05) is 48.7 Å². The number of ether oxygens (including phenoxy) is 2. The summed E-state index contributed by atoms with van der Waals surface area (Å²) in [6.07, 6.45) is 7.77. The van der Waals surface area contributed by atoms with Crippen LogP contribution in [0, 0.1) is 5.92 Å². The predicted octanol–water partition coefficient (Wildman–Crippen LogP) is 4.43. The maximum absolute atomic E-state index is 12.5. The molecule has 0 saturated carbocycles. The van der Waals surface area contributed by atoms with E-state index in [1.54, 1.807) is 29.1 Å². The molecule has 162 valence electrons. The van der Waals surface area contributed by atoms with Crippen LogP contribution in [0.4, 0.5) is 4.79 Å². The number of rotatable bonds is 8. The van der Waals surface area contributed by atoms with E-state index in [0.29, 0.717) is 24.2 Å². The molecule has 2 aromatic heterocycles. The van der Waals surface area contributed by atoms with Gasteiger partial charge in [-0.1, -0.05) is 30.0 Å². The van der Waals surface area contributed by atoms with Gasteiger partial charge in [0.25, 0.3) is 0 Å². The Hall–Kier alpha value is -3.00. The summed E-state index contributed by atoms with van der Waals surface area (Å²) in [7, 11) is 0. The van der Waals surface area contributed by atoms with Crippen LogP contribution in [0.3, 0.4) is 0 Å². The van der Waals surface area contributed by atoms with Crippen LogP contribution in [0.15, 0.2) is 66.2 Å². The Kier molecular flexibility index (Phi) is 7.44. The van der Waals surface area contributed by atoms with Gasteiger partial charge in [-0.25, -0.2) is 14.8 Å². The van der Waals surface area contributed by atoms with Gasteiger partial charge in [-0.3, -0.25) is 0 Å². The molecule has 1 aliphatic rings. The third kappa shape index (κ3) is 6.49. The molecule has 0 atom stereocenters. The topological polar surface area (TPSA) is 80.3 Å². The SMILES string of the molecule is O=C(Oc1ccc(CCOc2ccccn2)cc1)N1CCC(CSc2ncc[nH]2)CC1. The number of carbonyl (C=O) groups excluding carboxylic acids is 1. The first-order valence-electron chi connectivity index (χ1n) is 10.5. The van der Waals surface area contributed by atoms with Crippen molar-refractivity contribution in [2.24, 2.45) is 5.92 Å². The lowest BCUT2D eigenvalue weighted by atomic mass is 9.99. The average molecular weight is 439 g/mol. The van der Waals surface area contributed by atoms with Crippen molar-refractivity contribution in [2.45, 2.75) is 24.4 Å². The van der Waals surface area contributed by atoms with Crippen LogP contribution < -0.4 is 9.47 Å². The van der Waals surface area contributed by atoms with Crippen molar-refractivity contribution in [3.05, 3.63) is 66.6 Å². The van der Waals surface area contributed by atoms with Crippen LogP contribution in [-0.4, -0.2) is 51.4 Å². The van der Waals surface area contributed by atoms with Gasteiger partial charge in [0, 0.05) is 49.9 Å². The number of carbonyl (C=O) groups is 1. The highest BCUT2D eigenvalue weighted by Gasteiger charge is 2.24. The molecule has 1 saturated heterocycles. The minimum Gasteiger partial charge on any atom is -0.477 e. The van der Waals surface area contributed by atoms with Crippen molar-refractivity contribution in [1.82, 2.24) is 19.9 Å². The van der Waals surface area contributed by atoms with E-state index in [2.05, 4.69) is 15.0 Å². The van der Waals surface area contributed by atoms with Crippen LogP contribution in [0.5, 0.6) is 11.6 Å².